The zero-order valence-electron chi connectivity index (χ0n) is 8.04. The molecule has 0 aromatic rings. The standard InChI is InChI=1S/C8H16O.CH2O2/c1-7(2)5-4-6-8(3)9;2-1-3/h7H,4-6H2,1-3H3;1H,(H,2,3). The van der Waals surface area contributed by atoms with Crippen LogP contribution < -0.4 is 0 Å². The number of hydrogen-bond acceptors (Lipinski definition) is 2. The van der Waals surface area contributed by atoms with E-state index in [0.717, 1.165) is 18.8 Å². The minimum atomic E-state index is -0.250. The maximum atomic E-state index is 10.4. The highest BCUT2D eigenvalue weighted by molar-refractivity contribution is 5.75. The lowest BCUT2D eigenvalue weighted by Crippen LogP contribution is -1.92. The van der Waals surface area contributed by atoms with Crippen molar-refractivity contribution < 1.29 is 14.7 Å². The minimum Gasteiger partial charge on any atom is -0.483 e. The minimum absolute atomic E-state index is 0.250. The Balaban J connectivity index is 0. The van der Waals surface area contributed by atoms with Crippen LogP contribution in [0.2, 0.25) is 0 Å². The Kier molecular flexibility index (Phi) is 11.6. The summed E-state index contributed by atoms with van der Waals surface area (Å²) in [6.45, 7) is 5.76. The molecular weight excluding hydrogens is 156 g/mol. The normalized spacial score (nSPS) is 8.67. The zero-order chi connectivity index (χ0) is 9.98. The molecule has 0 aliphatic heterocycles. The molecule has 0 aliphatic rings. The smallest absolute Gasteiger partial charge is 0.290 e. The topological polar surface area (TPSA) is 54.4 Å². The second-order valence-corrected chi connectivity index (χ2v) is 3.09. The largest absolute Gasteiger partial charge is 0.483 e. The fourth-order valence-electron chi connectivity index (χ4n) is 0.759. The first-order valence-electron chi connectivity index (χ1n) is 4.11. The number of rotatable bonds is 4. The third-order valence-electron chi connectivity index (χ3n) is 1.31. The van der Waals surface area contributed by atoms with Crippen molar-refractivity contribution in [1.82, 2.24) is 0 Å². The molecule has 0 atom stereocenters. The SMILES string of the molecule is CC(=O)CCCC(C)C.O=CO. The van der Waals surface area contributed by atoms with Crippen molar-refractivity contribution in [1.29, 1.82) is 0 Å². The molecule has 12 heavy (non-hydrogen) atoms. The predicted octanol–water partition coefficient (Wildman–Crippen LogP) is 2.10. The lowest BCUT2D eigenvalue weighted by molar-refractivity contribution is -0.123. The molecule has 1 N–H and O–H groups in total. The van der Waals surface area contributed by atoms with Crippen molar-refractivity contribution in [2.75, 3.05) is 0 Å². The molecule has 72 valence electrons. The van der Waals surface area contributed by atoms with Crippen molar-refractivity contribution in [2.45, 2.75) is 40.0 Å². The van der Waals surface area contributed by atoms with E-state index in [1.807, 2.05) is 0 Å². The lowest BCUT2D eigenvalue weighted by Gasteiger charge is -2.00. The summed E-state index contributed by atoms with van der Waals surface area (Å²) in [5.74, 6) is 1.06. The highest BCUT2D eigenvalue weighted by Crippen LogP contribution is 2.05. The van der Waals surface area contributed by atoms with E-state index in [1.165, 1.54) is 6.42 Å². The molecule has 3 heteroatoms. The van der Waals surface area contributed by atoms with Crippen molar-refractivity contribution in [2.24, 2.45) is 5.92 Å². The van der Waals surface area contributed by atoms with E-state index >= 15 is 0 Å². The van der Waals surface area contributed by atoms with E-state index in [4.69, 9.17) is 9.90 Å². The molecule has 0 radical (unpaired) electrons. The van der Waals surface area contributed by atoms with E-state index in [9.17, 15) is 4.79 Å². The fourth-order valence-corrected chi connectivity index (χ4v) is 0.759. The summed E-state index contributed by atoms with van der Waals surface area (Å²) in [4.78, 5) is 18.8. The molecule has 0 amide bonds. The van der Waals surface area contributed by atoms with Gasteiger partial charge in [0, 0.05) is 6.42 Å². The van der Waals surface area contributed by atoms with Gasteiger partial charge in [0.1, 0.15) is 5.78 Å². The lowest BCUT2D eigenvalue weighted by atomic mass is 10.1. The van der Waals surface area contributed by atoms with Crippen molar-refractivity contribution >= 4 is 12.3 Å². The first kappa shape index (κ1) is 13.7. The Morgan fingerprint density at radius 2 is 1.92 bits per heavy atom. The second kappa shape index (κ2) is 10.1. The number of carbonyl (C=O) groups is 2. The average molecular weight is 174 g/mol. The van der Waals surface area contributed by atoms with Crippen LogP contribution >= 0.6 is 0 Å². The Labute approximate surface area is 73.8 Å². The third kappa shape index (κ3) is 22.9. The van der Waals surface area contributed by atoms with Gasteiger partial charge in [0.15, 0.2) is 0 Å². The zero-order valence-corrected chi connectivity index (χ0v) is 8.04. The fraction of sp³-hybridized carbons (Fsp3) is 0.778. The monoisotopic (exact) mass is 174 g/mol. The molecule has 0 saturated carbocycles. The van der Waals surface area contributed by atoms with Gasteiger partial charge in [-0.15, -0.1) is 0 Å². The van der Waals surface area contributed by atoms with Crippen LogP contribution in [0.3, 0.4) is 0 Å². The number of ketones is 1. The van der Waals surface area contributed by atoms with Crippen LogP contribution in [0.15, 0.2) is 0 Å². The Morgan fingerprint density at radius 1 is 1.50 bits per heavy atom. The molecule has 0 aromatic heterocycles. The van der Waals surface area contributed by atoms with E-state index in [1.54, 1.807) is 6.92 Å². The number of Topliss-reactive ketones (excluding diaryl/α,β-unsaturated/α-hetero) is 1. The maximum absolute atomic E-state index is 10.4. The molecule has 0 bridgehead atoms. The summed E-state index contributed by atoms with van der Waals surface area (Å²) in [6.07, 6.45) is 3.00. The average Bonchev–Trinajstić information content (AvgIpc) is 1.87. The molecule has 0 saturated heterocycles. The van der Waals surface area contributed by atoms with Gasteiger partial charge in [0.25, 0.3) is 6.47 Å². The van der Waals surface area contributed by atoms with Gasteiger partial charge in [0.05, 0.1) is 0 Å². The van der Waals surface area contributed by atoms with E-state index in [2.05, 4.69) is 13.8 Å². The summed E-state index contributed by atoms with van der Waals surface area (Å²) < 4.78 is 0. The highest BCUT2D eigenvalue weighted by atomic mass is 16.3. The third-order valence-corrected chi connectivity index (χ3v) is 1.31. The van der Waals surface area contributed by atoms with Crippen LogP contribution in [0.5, 0.6) is 0 Å². The van der Waals surface area contributed by atoms with Gasteiger partial charge in [-0.3, -0.25) is 4.79 Å². The second-order valence-electron chi connectivity index (χ2n) is 3.09. The maximum Gasteiger partial charge on any atom is 0.290 e. The van der Waals surface area contributed by atoms with Crippen LogP contribution in [-0.4, -0.2) is 17.4 Å². The van der Waals surface area contributed by atoms with Crippen LogP contribution in [0.25, 0.3) is 0 Å². The van der Waals surface area contributed by atoms with Gasteiger partial charge in [-0.2, -0.15) is 0 Å². The summed E-state index contributed by atoms with van der Waals surface area (Å²) in [6, 6.07) is 0. The first-order chi connectivity index (χ1) is 5.54. The summed E-state index contributed by atoms with van der Waals surface area (Å²) in [5.41, 5.74) is 0. The highest BCUT2D eigenvalue weighted by Gasteiger charge is 1.95. The van der Waals surface area contributed by atoms with E-state index in [-0.39, 0.29) is 6.47 Å². The molecule has 0 rings (SSSR count). The molecule has 0 fully saturated rings. The van der Waals surface area contributed by atoms with Crippen LogP contribution in [0, 0.1) is 5.92 Å². The summed E-state index contributed by atoms with van der Waals surface area (Å²) in [5, 5.41) is 6.89. The molecule has 0 heterocycles. The van der Waals surface area contributed by atoms with Crippen LogP contribution in [0.4, 0.5) is 0 Å². The quantitative estimate of drug-likeness (QED) is 0.664. The van der Waals surface area contributed by atoms with Gasteiger partial charge in [-0.05, 0) is 19.3 Å². The van der Waals surface area contributed by atoms with Crippen LogP contribution in [0.1, 0.15) is 40.0 Å². The van der Waals surface area contributed by atoms with Crippen LogP contribution in [-0.2, 0) is 9.59 Å². The molecule has 0 spiro atoms. The Morgan fingerprint density at radius 3 is 2.17 bits per heavy atom. The number of carboxylic acid groups (broad SMARTS) is 1. The van der Waals surface area contributed by atoms with Gasteiger partial charge >= 0.3 is 0 Å². The van der Waals surface area contributed by atoms with Gasteiger partial charge in [0.2, 0.25) is 0 Å². The molecule has 0 unspecified atom stereocenters. The van der Waals surface area contributed by atoms with Crippen molar-refractivity contribution in [3.63, 3.8) is 0 Å². The van der Waals surface area contributed by atoms with Crippen molar-refractivity contribution in [3.8, 4) is 0 Å². The Bertz CT molecular complexity index is 119. The molecule has 3 nitrogen and oxygen atoms in total. The van der Waals surface area contributed by atoms with Gasteiger partial charge in [-0.25, -0.2) is 0 Å². The summed E-state index contributed by atoms with van der Waals surface area (Å²) in [7, 11) is 0. The van der Waals surface area contributed by atoms with E-state index in [0.29, 0.717) is 5.78 Å². The summed E-state index contributed by atoms with van der Waals surface area (Å²) >= 11 is 0. The molecular formula is C9H18O3. The van der Waals surface area contributed by atoms with Crippen molar-refractivity contribution in [3.05, 3.63) is 0 Å². The van der Waals surface area contributed by atoms with Gasteiger partial charge < -0.3 is 9.90 Å². The first-order valence-corrected chi connectivity index (χ1v) is 4.11. The number of hydrogen-bond donors (Lipinski definition) is 1. The van der Waals surface area contributed by atoms with E-state index < -0.39 is 0 Å². The predicted molar refractivity (Wildman–Crippen MR) is 48.1 cm³/mol. The Hall–Kier alpha value is -0.860. The number of carbonyl (C=O) groups excluding carboxylic acids is 1. The molecule has 0 aromatic carbocycles. The molecule has 0 aliphatic carbocycles. The van der Waals surface area contributed by atoms with Gasteiger partial charge in [-0.1, -0.05) is 20.3 Å².